The lowest BCUT2D eigenvalue weighted by atomic mass is 10.2. The van der Waals surface area contributed by atoms with Crippen molar-refractivity contribution in [1.82, 2.24) is 5.43 Å². The molecule has 0 heterocycles. The molecule has 3 aromatic rings. The number of para-hydroxylation sites is 2. The summed E-state index contributed by atoms with van der Waals surface area (Å²) >= 11 is 6.03. The van der Waals surface area contributed by atoms with Gasteiger partial charge in [0.1, 0.15) is 5.75 Å². The molecule has 3 aromatic carbocycles. The second-order valence-corrected chi connectivity index (χ2v) is 6.33. The summed E-state index contributed by atoms with van der Waals surface area (Å²) in [4.78, 5) is 24.1. The highest BCUT2D eigenvalue weighted by Crippen LogP contribution is 2.20. The number of carbonyl (C=O) groups excluding carboxylic acids is 2. The normalized spacial score (nSPS) is 10.5. The zero-order chi connectivity index (χ0) is 20.5. The molecule has 0 unspecified atom stereocenters. The first kappa shape index (κ1) is 20.1. The summed E-state index contributed by atoms with van der Waals surface area (Å²) in [5.41, 5.74) is 4.10. The van der Waals surface area contributed by atoms with Crippen molar-refractivity contribution >= 4 is 35.3 Å². The van der Waals surface area contributed by atoms with Gasteiger partial charge in [-0.15, -0.1) is 0 Å². The Bertz CT molecular complexity index is 1020. The van der Waals surface area contributed by atoms with E-state index in [1.54, 1.807) is 72.8 Å². The molecule has 6 nitrogen and oxygen atoms in total. The van der Waals surface area contributed by atoms with E-state index in [-0.39, 0.29) is 18.4 Å². The van der Waals surface area contributed by atoms with Crippen molar-refractivity contribution < 1.29 is 14.3 Å². The zero-order valence-electron chi connectivity index (χ0n) is 15.3. The predicted octanol–water partition coefficient (Wildman–Crippen LogP) is 4.12. The van der Waals surface area contributed by atoms with Crippen molar-refractivity contribution in [3.8, 4) is 5.75 Å². The van der Waals surface area contributed by atoms with Gasteiger partial charge in [0, 0.05) is 11.1 Å². The maximum atomic E-state index is 12.1. The molecule has 0 radical (unpaired) electrons. The Hall–Kier alpha value is -3.64. The van der Waals surface area contributed by atoms with Crippen molar-refractivity contribution in [2.24, 2.45) is 5.10 Å². The lowest BCUT2D eigenvalue weighted by Crippen LogP contribution is -2.21. The summed E-state index contributed by atoms with van der Waals surface area (Å²) in [5.74, 6) is -0.207. The first-order valence-electron chi connectivity index (χ1n) is 8.78. The number of ether oxygens (including phenoxy) is 1. The Balaban J connectivity index is 1.58. The number of nitrogens with zero attached hydrogens (tertiary/aromatic N) is 1. The molecule has 0 aliphatic heterocycles. The van der Waals surface area contributed by atoms with E-state index in [1.165, 1.54) is 6.21 Å². The van der Waals surface area contributed by atoms with Crippen molar-refractivity contribution in [3.63, 3.8) is 0 Å². The van der Waals surface area contributed by atoms with Crippen LogP contribution in [0.4, 0.5) is 5.69 Å². The molecule has 146 valence electrons. The minimum Gasteiger partial charge on any atom is -0.483 e. The van der Waals surface area contributed by atoms with E-state index in [9.17, 15) is 9.59 Å². The third kappa shape index (κ3) is 5.92. The smallest absolute Gasteiger partial charge is 0.271 e. The molecule has 3 rings (SSSR count). The topological polar surface area (TPSA) is 79.8 Å². The molecule has 0 fully saturated rings. The van der Waals surface area contributed by atoms with Gasteiger partial charge in [-0.25, -0.2) is 5.43 Å². The molecule has 0 aromatic heterocycles. The van der Waals surface area contributed by atoms with Crippen molar-refractivity contribution in [2.45, 2.75) is 0 Å². The Labute approximate surface area is 173 Å². The maximum absolute atomic E-state index is 12.1. The molecule has 29 heavy (non-hydrogen) atoms. The van der Waals surface area contributed by atoms with E-state index in [0.29, 0.717) is 27.6 Å². The summed E-state index contributed by atoms with van der Waals surface area (Å²) in [6, 6.07) is 22.8. The second kappa shape index (κ2) is 10.1. The average molecular weight is 408 g/mol. The fraction of sp³-hybridized carbons (Fsp3) is 0.0455. The number of benzene rings is 3. The van der Waals surface area contributed by atoms with E-state index in [1.807, 2.05) is 6.07 Å². The van der Waals surface area contributed by atoms with Crippen LogP contribution in [0, 0.1) is 0 Å². The highest BCUT2D eigenvalue weighted by atomic mass is 35.5. The van der Waals surface area contributed by atoms with E-state index in [0.717, 1.165) is 0 Å². The summed E-state index contributed by atoms with van der Waals surface area (Å²) in [5, 5.41) is 7.10. The SMILES string of the molecule is O=C(COc1ccccc1/C=N/NC(=O)c1ccccc1)Nc1ccccc1Cl. The van der Waals surface area contributed by atoms with E-state index in [2.05, 4.69) is 15.8 Å². The number of hydrazone groups is 1. The molecule has 0 atom stereocenters. The van der Waals surface area contributed by atoms with Crippen LogP contribution in [0.3, 0.4) is 0 Å². The van der Waals surface area contributed by atoms with Gasteiger partial charge < -0.3 is 10.1 Å². The van der Waals surface area contributed by atoms with Gasteiger partial charge in [-0.1, -0.05) is 54.1 Å². The van der Waals surface area contributed by atoms with Crippen LogP contribution < -0.4 is 15.5 Å². The minimum atomic E-state index is -0.345. The summed E-state index contributed by atoms with van der Waals surface area (Å²) in [7, 11) is 0. The van der Waals surface area contributed by atoms with Crippen molar-refractivity contribution in [3.05, 3.63) is 95.0 Å². The van der Waals surface area contributed by atoms with Crippen molar-refractivity contribution in [2.75, 3.05) is 11.9 Å². The number of rotatable bonds is 7. The predicted molar refractivity (Wildman–Crippen MR) is 114 cm³/mol. The van der Waals surface area contributed by atoms with Crippen LogP contribution in [0.15, 0.2) is 84.0 Å². The van der Waals surface area contributed by atoms with E-state index < -0.39 is 0 Å². The molecule has 2 amide bonds. The molecule has 0 bridgehead atoms. The van der Waals surface area contributed by atoms with Crippen LogP contribution in [-0.2, 0) is 4.79 Å². The number of amides is 2. The Morgan fingerprint density at radius 1 is 0.931 bits per heavy atom. The van der Waals surface area contributed by atoms with Gasteiger partial charge in [0.05, 0.1) is 16.9 Å². The molecule has 0 aliphatic rings. The number of hydrogen-bond acceptors (Lipinski definition) is 4. The first-order chi connectivity index (χ1) is 14.1. The third-order valence-corrected chi connectivity index (χ3v) is 4.16. The van der Waals surface area contributed by atoms with Gasteiger partial charge in [0.15, 0.2) is 6.61 Å². The summed E-state index contributed by atoms with van der Waals surface area (Å²) < 4.78 is 5.59. The minimum absolute atomic E-state index is 0.202. The maximum Gasteiger partial charge on any atom is 0.271 e. The Kier molecular flexibility index (Phi) is 6.97. The quantitative estimate of drug-likeness (QED) is 0.456. The Morgan fingerprint density at radius 2 is 1.62 bits per heavy atom. The molecular weight excluding hydrogens is 390 g/mol. The van der Waals surface area contributed by atoms with Gasteiger partial charge in [0.25, 0.3) is 11.8 Å². The fourth-order valence-electron chi connectivity index (χ4n) is 2.43. The number of halogens is 1. The molecule has 0 saturated carbocycles. The van der Waals surface area contributed by atoms with Gasteiger partial charge >= 0.3 is 0 Å². The summed E-state index contributed by atoms with van der Waals surface area (Å²) in [6.45, 7) is -0.202. The fourth-order valence-corrected chi connectivity index (χ4v) is 2.61. The van der Waals surface area contributed by atoms with Gasteiger partial charge in [-0.2, -0.15) is 5.10 Å². The molecule has 0 aliphatic carbocycles. The number of carbonyl (C=O) groups is 2. The Morgan fingerprint density at radius 3 is 2.41 bits per heavy atom. The lowest BCUT2D eigenvalue weighted by Gasteiger charge is -2.10. The largest absolute Gasteiger partial charge is 0.483 e. The van der Waals surface area contributed by atoms with Gasteiger partial charge in [0.2, 0.25) is 0 Å². The number of anilines is 1. The van der Waals surface area contributed by atoms with E-state index >= 15 is 0 Å². The van der Waals surface area contributed by atoms with Gasteiger partial charge in [-0.3, -0.25) is 9.59 Å². The number of nitrogens with one attached hydrogen (secondary N) is 2. The molecular formula is C22H18ClN3O3. The van der Waals surface area contributed by atoms with Crippen LogP contribution in [0.2, 0.25) is 5.02 Å². The van der Waals surface area contributed by atoms with Crippen molar-refractivity contribution in [1.29, 1.82) is 0 Å². The highest BCUT2D eigenvalue weighted by molar-refractivity contribution is 6.33. The third-order valence-electron chi connectivity index (χ3n) is 3.83. The molecule has 0 saturated heterocycles. The second-order valence-electron chi connectivity index (χ2n) is 5.92. The van der Waals surface area contributed by atoms with Crippen LogP contribution in [0.1, 0.15) is 15.9 Å². The molecule has 2 N–H and O–H groups in total. The summed E-state index contributed by atoms with van der Waals surface area (Å²) in [6.07, 6.45) is 1.46. The van der Waals surface area contributed by atoms with E-state index in [4.69, 9.17) is 16.3 Å². The monoisotopic (exact) mass is 407 g/mol. The number of hydrogen-bond donors (Lipinski definition) is 2. The van der Waals surface area contributed by atoms with Crippen LogP contribution >= 0.6 is 11.6 Å². The van der Waals surface area contributed by atoms with Crippen LogP contribution in [0.25, 0.3) is 0 Å². The molecule has 7 heteroatoms. The van der Waals surface area contributed by atoms with Gasteiger partial charge in [-0.05, 0) is 36.4 Å². The zero-order valence-corrected chi connectivity index (χ0v) is 16.1. The lowest BCUT2D eigenvalue weighted by molar-refractivity contribution is -0.118. The molecule has 0 spiro atoms. The average Bonchev–Trinajstić information content (AvgIpc) is 2.75. The van der Waals surface area contributed by atoms with Crippen LogP contribution in [-0.4, -0.2) is 24.6 Å². The first-order valence-corrected chi connectivity index (χ1v) is 9.16. The van der Waals surface area contributed by atoms with Crippen LogP contribution in [0.5, 0.6) is 5.75 Å². The highest BCUT2D eigenvalue weighted by Gasteiger charge is 2.08. The standard InChI is InChI=1S/C22H18ClN3O3/c23-18-11-5-6-12-19(18)25-21(27)15-29-20-13-7-4-10-17(20)14-24-26-22(28)16-8-2-1-3-9-16/h1-14H,15H2,(H,25,27)(H,26,28)/b24-14+.